The van der Waals surface area contributed by atoms with Gasteiger partial charge in [0.1, 0.15) is 5.82 Å². The van der Waals surface area contributed by atoms with E-state index in [9.17, 15) is 0 Å². The Hall–Kier alpha value is -2.89. The zero-order valence-corrected chi connectivity index (χ0v) is 14.9. The second-order valence-electron chi connectivity index (χ2n) is 6.84. The van der Waals surface area contributed by atoms with E-state index in [-0.39, 0.29) is 0 Å². The van der Waals surface area contributed by atoms with Crippen LogP contribution in [0.3, 0.4) is 0 Å². The monoisotopic (exact) mass is 349 g/mol. The van der Waals surface area contributed by atoms with Crippen LogP contribution in [-0.4, -0.2) is 28.2 Å². The molecule has 0 unspecified atom stereocenters. The fourth-order valence-corrected chi connectivity index (χ4v) is 3.12. The molecule has 0 spiro atoms. The normalized spacial score (nSPS) is 15.2. The molecular formula is C20H23N5O. The first kappa shape index (κ1) is 16.6. The van der Waals surface area contributed by atoms with Gasteiger partial charge < -0.3 is 14.7 Å². The molecule has 134 valence electrons. The lowest BCUT2D eigenvalue weighted by Gasteiger charge is -2.31. The summed E-state index contributed by atoms with van der Waals surface area (Å²) < 4.78 is 5.30. The molecule has 4 rings (SSSR count). The second kappa shape index (κ2) is 7.56. The van der Waals surface area contributed by atoms with Gasteiger partial charge >= 0.3 is 0 Å². The highest BCUT2D eigenvalue weighted by molar-refractivity contribution is 5.53. The molecule has 0 saturated carbocycles. The first-order valence-electron chi connectivity index (χ1n) is 9.11. The number of hydrogen-bond donors (Lipinski definition) is 1. The molecule has 0 amide bonds. The van der Waals surface area contributed by atoms with Crippen molar-refractivity contribution in [3.05, 3.63) is 54.2 Å². The summed E-state index contributed by atoms with van der Waals surface area (Å²) >= 11 is 0. The summed E-state index contributed by atoms with van der Waals surface area (Å²) in [6.07, 6.45) is 4.40. The van der Waals surface area contributed by atoms with Crippen molar-refractivity contribution >= 4 is 11.8 Å². The van der Waals surface area contributed by atoms with E-state index < -0.39 is 0 Å². The molecule has 1 aliphatic heterocycles. The van der Waals surface area contributed by atoms with Crippen molar-refractivity contribution in [2.75, 3.05) is 23.3 Å². The maximum atomic E-state index is 5.30. The number of rotatable bonds is 5. The lowest BCUT2D eigenvalue weighted by Crippen LogP contribution is -2.33. The summed E-state index contributed by atoms with van der Waals surface area (Å²) in [7, 11) is 0. The minimum Gasteiger partial charge on any atom is -0.357 e. The summed E-state index contributed by atoms with van der Waals surface area (Å²) in [4.78, 5) is 11.4. The molecule has 0 atom stereocenters. The van der Waals surface area contributed by atoms with Crippen molar-refractivity contribution in [2.24, 2.45) is 5.92 Å². The number of pyridine rings is 1. The lowest BCUT2D eigenvalue weighted by atomic mass is 9.99. The predicted molar refractivity (Wildman–Crippen MR) is 102 cm³/mol. The molecule has 2 aromatic heterocycles. The Kier molecular flexibility index (Phi) is 4.82. The Bertz CT molecular complexity index is 823. The van der Waals surface area contributed by atoms with Crippen molar-refractivity contribution in [1.29, 1.82) is 0 Å². The number of piperidine rings is 1. The zero-order valence-electron chi connectivity index (χ0n) is 14.9. The molecule has 6 nitrogen and oxygen atoms in total. The fourth-order valence-electron chi connectivity index (χ4n) is 3.12. The van der Waals surface area contributed by atoms with Gasteiger partial charge in [-0.1, -0.05) is 31.2 Å². The van der Waals surface area contributed by atoms with Crippen LogP contribution in [0.4, 0.5) is 11.8 Å². The van der Waals surface area contributed by atoms with Crippen LogP contribution < -0.4 is 10.2 Å². The SMILES string of the molecule is CC1CCN(c2ccc(CNc3noc(-c4ccccc4)n3)cn2)CC1. The van der Waals surface area contributed by atoms with Crippen LogP contribution in [0.2, 0.25) is 0 Å². The summed E-state index contributed by atoms with van der Waals surface area (Å²) in [5.74, 6) is 2.89. The number of aromatic nitrogens is 3. The Labute approximate surface area is 153 Å². The van der Waals surface area contributed by atoms with Crippen LogP contribution in [0.1, 0.15) is 25.3 Å². The minimum atomic E-state index is 0.484. The lowest BCUT2D eigenvalue weighted by molar-refractivity contribution is 0.432. The number of anilines is 2. The number of nitrogens with one attached hydrogen (secondary N) is 1. The van der Waals surface area contributed by atoms with Crippen LogP contribution in [0.5, 0.6) is 0 Å². The van der Waals surface area contributed by atoms with Crippen LogP contribution >= 0.6 is 0 Å². The molecular weight excluding hydrogens is 326 g/mol. The molecule has 6 heteroatoms. The molecule has 0 radical (unpaired) electrons. The first-order chi connectivity index (χ1) is 12.8. The Morgan fingerprint density at radius 1 is 1.12 bits per heavy atom. The highest BCUT2D eigenvalue weighted by Gasteiger charge is 2.16. The molecule has 3 heterocycles. The predicted octanol–water partition coefficient (Wildman–Crippen LogP) is 3.98. The van der Waals surface area contributed by atoms with Crippen LogP contribution in [0, 0.1) is 5.92 Å². The molecule has 1 aliphatic rings. The Morgan fingerprint density at radius 2 is 1.92 bits per heavy atom. The molecule has 26 heavy (non-hydrogen) atoms. The third-order valence-corrected chi connectivity index (χ3v) is 4.81. The highest BCUT2D eigenvalue weighted by atomic mass is 16.5. The van der Waals surface area contributed by atoms with E-state index in [1.165, 1.54) is 12.8 Å². The average molecular weight is 349 g/mol. The molecule has 1 aromatic carbocycles. The zero-order chi connectivity index (χ0) is 17.8. The van der Waals surface area contributed by atoms with Crippen LogP contribution in [-0.2, 0) is 6.54 Å². The summed E-state index contributed by atoms with van der Waals surface area (Å²) in [6, 6.07) is 13.9. The molecule has 0 bridgehead atoms. The van der Waals surface area contributed by atoms with Crippen molar-refractivity contribution < 1.29 is 4.52 Å². The fraction of sp³-hybridized carbons (Fsp3) is 0.350. The Balaban J connectivity index is 1.34. The first-order valence-corrected chi connectivity index (χ1v) is 9.11. The van der Waals surface area contributed by atoms with Gasteiger partial charge in [-0.05, 0) is 47.7 Å². The van der Waals surface area contributed by atoms with E-state index in [1.54, 1.807) is 0 Å². The van der Waals surface area contributed by atoms with Crippen molar-refractivity contribution in [1.82, 2.24) is 15.1 Å². The second-order valence-corrected chi connectivity index (χ2v) is 6.84. The summed E-state index contributed by atoms with van der Waals surface area (Å²) in [5.41, 5.74) is 2.00. The van der Waals surface area contributed by atoms with Gasteiger partial charge in [0, 0.05) is 31.4 Å². The maximum absolute atomic E-state index is 5.30. The largest absolute Gasteiger partial charge is 0.357 e. The van der Waals surface area contributed by atoms with E-state index in [2.05, 4.69) is 44.4 Å². The Morgan fingerprint density at radius 3 is 2.65 bits per heavy atom. The van der Waals surface area contributed by atoms with Gasteiger partial charge in [0.2, 0.25) is 0 Å². The molecule has 0 aliphatic carbocycles. The van der Waals surface area contributed by atoms with Gasteiger partial charge in [-0.25, -0.2) is 4.98 Å². The van der Waals surface area contributed by atoms with Gasteiger partial charge in [-0.3, -0.25) is 0 Å². The van der Waals surface area contributed by atoms with Crippen molar-refractivity contribution in [2.45, 2.75) is 26.3 Å². The highest BCUT2D eigenvalue weighted by Crippen LogP contribution is 2.22. The quantitative estimate of drug-likeness (QED) is 0.751. The molecule has 1 N–H and O–H groups in total. The van der Waals surface area contributed by atoms with E-state index in [0.29, 0.717) is 18.4 Å². The number of nitrogens with zero attached hydrogens (tertiary/aromatic N) is 4. The van der Waals surface area contributed by atoms with Crippen molar-refractivity contribution in [3.63, 3.8) is 0 Å². The van der Waals surface area contributed by atoms with E-state index in [4.69, 9.17) is 4.52 Å². The minimum absolute atomic E-state index is 0.484. The summed E-state index contributed by atoms with van der Waals surface area (Å²) in [5, 5.41) is 7.17. The summed E-state index contributed by atoms with van der Waals surface area (Å²) in [6.45, 7) is 5.12. The van der Waals surface area contributed by atoms with Gasteiger partial charge in [-0.2, -0.15) is 4.98 Å². The van der Waals surface area contributed by atoms with Crippen LogP contribution in [0.15, 0.2) is 53.2 Å². The maximum Gasteiger partial charge on any atom is 0.264 e. The molecule has 1 fully saturated rings. The third kappa shape index (κ3) is 3.85. The van der Waals surface area contributed by atoms with E-state index >= 15 is 0 Å². The van der Waals surface area contributed by atoms with E-state index in [1.807, 2.05) is 36.5 Å². The van der Waals surface area contributed by atoms with E-state index in [0.717, 1.165) is 36.0 Å². The average Bonchev–Trinajstić information content (AvgIpc) is 3.17. The van der Waals surface area contributed by atoms with Gasteiger partial charge in [0.25, 0.3) is 11.8 Å². The van der Waals surface area contributed by atoms with Gasteiger partial charge in [0.05, 0.1) is 0 Å². The topological polar surface area (TPSA) is 67.1 Å². The third-order valence-electron chi connectivity index (χ3n) is 4.81. The van der Waals surface area contributed by atoms with Crippen molar-refractivity contribution in [3.8, 4) is 11.5 Å². The number of benzene rings is 1. The standard InChI is InChI=1S/C20H23N5O/c1-15-9-11-25(12-10-15)18-8-7-16(13-21-18)14-22-20-23-19(26-24-20)17-5-3-2-4-6-17/h2-8,13,15H,9-12,14H2,1H3,(H,22,24). The van der Waals surface area contributed by atoms with Crippen LogP contribution in [0.25, 0.3) is 11.5 Å². The molecule has 1 saturated heterocycles. The van der Waals surface area contributed by atoms with Gasteiger partial charge in [0.15, 0.2) is 0 Å². The number of hydrogen-bond acceptors (Lipinski definition) is 6. The van der Waals surface area contributed by atoms with Gasteiger partial charge in [-0.15, -0.1) is 0 Å². The molecule has 3 aromatic rings. The smallest absolute Gasteiger partial charge is 0.264 e.